The highest BCUT2D eigenvalue weighted by atomic mass is 16.6. The summed E-state index contributed by atoms with van der Waals surface area (Å²) in [5.74, 6) is -1.00. The van der Waals surface area contributed by atoms with Crippen LogP contribution in [0.25, 0.3) is 0 Å². The van der Waals surface area contributed by atoms with Gasteiger partial charge >= 0.3 is 17.9 Å². The van der Waals surface area contributed by atoms with Crippen LogP contribution in [-0.2, 0) is 28.6 Å². The van der Waals surface area contributed by atoms with Gasteiger partial charge in [-0.2, -0.15) is 0 Å². The van der Waals surface area contributed by atoms with E-state index in [1.165, 1.54) is 122 Å². The Bertz CT molecular complexity index is 1760. The van der Waals surface area contributed by atoms with Crippen molar-refractivity contribution in [3.8, 4) is 0 Å². The molecule has 0 saturated carbocycles. The maximum Gasteiger partial charge on any atom is 0.306 e. The van der Waals surface area contributed by atoms with Gasteiger partial charge in [0.25, 0.3) is 0 Å². The van der Waals surface area contributed by atoms with Gasteiger partial charge < -0.3 is 14.2 Å². The number of carbonyl (C=O) groups excluding carboxylic acids is 3. The smallest absolute Gasteiger partial charge is 0.306 e. The SMILES string of the molecule is CC/C=C\C/C=C\C/C=C\C/C=C\C/C=C\C/C=C\CCCCCCCCCCC(=O)OCC(COC(=O)CCCCCCCCCCCCCCCCCCC)OC(=O)CC/C=C\C/C=C\C/C=C\C/C=C\C/C=C\C/C=C\CC. The van der Waals surface area contributed by atoms with Gasteiger partial charge in [-0.25, -0.2) is 0 Å². The molecule has 0 aliphatic heterocycles. The van der Waals surface area contributed by atoms with Gasteiger partial charge in [0.05, 0.1) is 0 Å². The lowest BCUT2D eigenvalue weighted by atomic mass is 10.0. The van der Waals surface area contributed by atoms with E-state index in [1.54, 1.807) is 0 Å². The van der Waals surface area contributed by atoms with Crippen LogP contribution in [0.4, 0.5) is 0 Å². The van der Waals surface area contributed by atoms with Crippen molar-refractivity contribution >= 4 is 17.9 Å². The first-order valence-corrected chi connectivity index (χ1v) is 33.3. The molecule has 0 saturated heterocycles. The molecule has 81 heavy (non-hydrogen) atoms. The predicted octanol–water partition coefficient (Wildman–Crippen LogP) is 23.1. The minimum absolute atomic E-state index is 0.113. The van der Waals surface area contributed by atoms with Gasteiger partial charge in [0, 0.05) is 19.3 Å². The van der Waals surface area contributed by atoms with Crippen LogP contribution in [0.15, 0.2) is 146 Å². The molecule has 0 N–H and O–H groups in total. The van der Waals surface area contributed by atoms with Gasteiger partial charge in [0.15, 0.2) is 6.10 Å². The van der Waals surface area contributed by atoms with Gasteiger partial charge in [-0.3, -0.25) is 14.4 Å². The fraction of sp³-hybridized carbons (Fsp3) is 0.640. The van der Waals surface area contributed by atoms with Crippen LogP contribution in [0.5, 0.6) is 0 Å². The second-order valence-electron chi connectivity index (χ2n) is 21.6. The summed E-state index contributed by atoms with van der Waals surface area (Å²) in [7, 11) is 0. The van der Waals surface area contributed by atoms with E-state index < -0.39 is 12.1 Å². The molecule has 0 aliphatic rings. The zero-order valence-corrected chi connectivity index (χ0v) is 52.5. The van der Waals surface area contributed by atoms with E-state index in [0.29, 0.717) is 19.3 Å². The minimum Gasteiger partial charge on any atom is -0.462 e. The van der Waals surface area contributed by atoms with Gasteiger partial charge in [0.1, 0.15) is 13.2 Å². The number of hydrogen-bond acceptors (Lipinski definition) is 6. The van der Waals surface area contributed by atoms with Crippen molar-refractivity contribution in [1.82, 2.24) is 0 Å². The third-order valence-corrected chi connectivity index (χ3v) is 13.9. The second-order valence-corrected chi connectivity index (χ2v) is 21.6. The Morgan fingerprint density at radius 2 is 0.506 bits per heavy atom. The molecule has 6 nitrogen and oxygen atoms in total. The number of hydrogen-bond donors (Lipinski definition) is 0. The molecule has 0 aliphatic carbocycles. The molecular weight excluding hydrogens is 997 g/mol. The quantitative estimate of drug-likeness (QED) is 0.0261. The monoisotopic (exact) mass is 1120 g/mol. The van der Waals surface area contributed by atoms with Gasteiger partial charge in [-0.15, -0.1) is 0 Å². The fourth-order valence-electron chi connectivity index (χ4n) is 8.94. The zero-order valence-electron chi connectivity index (χ0n) is 52.5. The normalized spacial score (nSPS) is 13.1. The van der Waals surface area contributed by atoms with Crippen molar-refractivity contribution in [2.24, 2.45) is 0 Å². The molecule has 0 spiro atoms. The summed E-state index contributed by atoms with van der Waals surface area (Å²) in [6.07, 6.45) is 97.2. The molecular formula is C75H122O6. The largest absolute Gasteiger partial charge is 0.462 e. The molecule has 458 valence electrons. The lowest BCUT2D eigenvalue weighted by molar-refractivity contribution is -0.166. The standard InChI is InChI=1S/C75H122O6/c1-4-7-10-13-16-19-22-25-28-31-33-34-35-36-37-38-39-40-42-44-47-50-53-56-59-62-65-68-74(77)80-71-72(70-79-73(76)67-64-61-58-55-52-49-46-43-30-27-24-21-18-15-12-9-6-3)81-75(78)69-66-63-60-57-54-51-48-45-41-32-29-26-23-20-17-14-11-8-5-2/h7-8,10-11,16-17,19-20,25-26,28-29,33-34,36-37,39-41,45,51,54,60,63,72H,4-6,9,12-15,18,21-24,27,30-32,35,38,42-44,46-50,52-53,55-59,61-62,64-71H2,1-3H3/b10-7-,11-8-,19-16-,20-17-,28-25-,29-26-,34-33-,37-36-,40-39-,45-41-,54-51-,63-60-. The van der Waals surface area contributed by atoms with Crippen LogP contribution >= 0.6 is 0 Å². The van der Waals surface area contributed by atoms with Crippen LogP contribution < -0.4 is 0 Å². The lowest BCUT2D eigenvalue weighted by Gasteiger charge is -2.18. The summed E-state index contributed by atoms with van der Waals surface area (Å²) in [6.45, 7) is 6.36. The van der Waals surface area contributed by atoms with Gasteiger partial charge in [-0.1, -0.05) is 308 Å². The van der Waals surface area contributed by atoms with Crippen molar-refractivity contribution in [2.75, 3.05) is 13.2 Å². The molecule has 0 rings (SSSR count). The Labute approximate surface area is 499 Å². The molecule has 1 atom stereocenters. The van der Waals surface area contributed by atoms with Crippen LogP contribution in [0, 0.1) is 0 Å². The van der Waals surface area contributed by atoms with E-state index in [4.69, 9.17) is 14.2 Å². The number of carbonyl (C=O) groups is 3. The van der Waals surface area contributed by atoms with E-state index in [0.717, 1.165) is 122 Å². The summed E-state index contributed by atoms with van der Waals surface area (Å²) in [5.41, 5.74) is 0. The molecule has 0 aromatic carbocycles. The molecule has 0 aromatic rings. The lowest BCUT2D eigenvalue weighted by Crippen LogP contribution is -2.30. The van der Waals surface area contributed by atoms with E-state index in [1.807, 2.05) is 6.08 Å². The highest BCUT2D eigenvalue weighted by Gasteiger charge is 2.19. The first-order valence-electron chi connectivity index (χ1n) is 33.3. The van der Waals surface area contributed by atoms with E-state index >= 15 is 0 Å². The Kier molecular flexibility index (Phi) is 63.9. The van der Waals surface area contributed by atoms with Crippen LogP contribution in [-0.4, -0.2) is 37.2 Å². The third kappa shape index (κ3) is 66.0. The Hall–Kier alpha value is -4.71. The molecule has 0 aromatic heterocycles. The molecule has 6 heteroatoms. The fourth-order valence-corrected chi connectivity index (χ4v) is 8.94. The highest BCUT2D eigenvalue weighted by Crippen LogP contribution is 2.16. The predicted molar refractivity (Wildman–Crippen MR) is 352 cm³/mol. The van der Waals surface area contributed by atoms with Crippen molar-refractivity contribution in [3.63, 3.8) is 0 Å². The maximum atomic E-state index is 12.9. The Balaban J connectivity index is 4.47. The third-order valence-electron chi connectivity index (χ3n) is 13.9. The first kappa shape index (κ1) is 76.3. The zero-order chi connectivity index (χ0) is 58.5. The average Bonchev–Trinajstić information content (AvgIpc) is 3.47. The first-order chi connectivity index (χ1) is 40.0. The van der Waals surface area contributed by atoms with E-state index in [9.17, 15) is 14.4 Å². The summed E-state index contributed by atoms with van der Waals surface area (Å²) < 4.78 is 16.9. The average molecular weight is 1120 g/mol. The van der Waals surface area contributed by atoms with Crippen molar-refractivity contribution in [2.45, 2.75) is 297 Å². The van der Waals surface area contributed by atoms with E-state index in [-0.39, 0.29) is 31.6 Å². The summed E-state index contributed by atoms with van der Waals surface area (Å²) in [5, 5.41) is 0. The van der Waals surface area contributed by atoms with Crippen LogP contribution in [0.1, 0.15) is 290 Å². The minimum atomic E-state index is -0.828. The van der Waals surface area contributed by atoms with Crippen LogP contribution in [0.3, 0.4) is 0 Å². The topological polar surface area (TPSA) is 78.9 Å². The van der Waals surface area contributed by atoms with Gasteiger partial charge in [-0.05, 0) is 109 Å². The van der Waals surface area contributed by atoms with Crippen molar-refractivity contribution in [1.29, 1.82) is 0 Å². The summed E-state index contributed by atoms with van der Waals surface area (Å²) >= 11 is 0. The maximum absolute atomic E-state index is 12.9. The number of allylic oxidation sites excluding steroid dienone is 24. The Morgan fingerprint density at radius 1 is 0.259 bits per heavy atom. The van der Waals surface area contributed by atoms with Gasteiger partial charge in [0.2, 0.25) is 0 Å². The van der Waals surface area contributed by atoms with Crippen LogP contribution in [0.2, 0.25) is 0 Å². The number of ether oxygens (including phenoxy) is 3. The number of unbranched alkanes of at least 4 members (excludes halogenated alkanes) is 24. The molecule has 0 fully saturated rings. The summed E-state index contributed by atoms with van der Waals surface area (Å²) in [4.78, 5) is 38.4. The number of rotatable bonds is 59. The molecule has 0 bridgehead atoms. The summed E-state index contributed by atoms with van der Waals surface area (Å²) in [6, 6.07) is 0. The number of esters is 3. The molecule has 0 heterocycles. The van der Waals surface area contributed by atoms with Crippen molar-refractivity contribution in [3.05, 3.63) is 146 Å². The second kappa shape index (κ2) is 67.8. The van der Waals surface area contributed by atoms with Crippen molar-refractivity contribution < 1.29 is 28.6 Å². The molecule has 0 radical (unpaired) electrons. The highest BCUT2D eigenvalue weighted by molar-refractivity contribution is 5.71. The van der Waals surface area contributed by atoms with E-state index in [2.05, 4.69) is 161 Å². The molecule has 0 amide bonds. The molecule has 1 unspecified atom stereocenters. The Morgan fingerprint density at radius 3 is 0.802 bits per heavy atom.